The van der Waals surface area contributed by atoms with Crippen LogP contribution in [0, 0.1) is 5.92 Å². The van der Waals surface area contributed by atoms with Gasteiger partial charge in [0.15, 0.2) is 0 Å². The third-order valence-electron chi connectivity index (χ3n) is 3.24. The topological polar surface area (TPSA) is 32.3 Å². The molecule has 0 radical (unpaired) electrons. The molecular formula is C11H23NO. The van der Waals surface area contributed by atoms with E-state index in [1.165, 1.54) is 19.3 Å². The van der Waals surface area contributed by atoms with Gasteiger partial charge >= 0.3 is 0 Å². The summed E-state index contributed by atoms with van der Waals surface area (Å²) in [4.78, 5) is 0. The zero-order valence-corrected chi connectivity index (χ0v) is 8.92. The summed E-state index contributed by atoms with van der Waals surface area (Å²) in [6, 6.07) is 0.345. The SMILES string of the molecule is CCC(C)C(O)C1CCCCCN1. The molecular weight excluding hydrogens is 162 g/mol. The molecule has 78 valence electrons. The van der Waals surface area contributed by atoms with Crippen LogP contribution in [-0.2, 0) is 0 Å². The molecule has 1 aliphatic heterocycles. The summed E-state index contributed by atoms with van der Waals surface area (Å²) in [6.45, 7) is 5.36. The smallest absolute Gasteiger partial charge is 0.0718 e. The van der Waals surface area contributed by atoms with E-state index in [2.05, 4.69) is 19.2 Å². The van der Waals surface area contributed by atoms with Crippen molar-refractivity contribution >= 4 is 0 Å². The number of hydrogen-bond donors (Lipinski definition) is 2. The quantitative estimate of drug-likeness (QED) is 0.704. The van der Waals surface area contributed by atoms with Gasteiger partial charge in [0.05, 0.1) is 6.10 Å². The highest BCUT2D eigenvalue weighted by molar-refractivity contribution is 4.80. The van der Waals surface area contributed by atoms with Crippen LogP contribution in [0.1, 0.15) is 46.0 Å². The van der Waals surface area contributed by atoms with Crippen molar-refractivity contribution in [3.8, 4) is 0 Å². The van der Waals surface area contributed by atoms with E-state index in [-0.39, 0.29) is 6.10 Å². The molecule has 3 unspecified atom stereocenters. The van der Waals surface area contributed by atoms with Crippen molar-refractivity contribution in [3.63, 3.8) is 0 Å². The Morgan fingerprint density at radius 3 is 2.85 bits per heavy atom. The molecule has 1 saturated heterocycles. The zero-order chi connectivity index (χ0) is 9.68. The third-order valence-corrected chi connectivity index (χ3v) is 3.24. The molecule has 0 aliphatic carbocycles. The van der Waals surface area contributed by atoms with Crippen LogP contribution >= 0.6 is 0 Å². The molecule has 0 aromatic heterocycles. The maximum atomic E-state index is 10.0. The van der Waals surface area contributed by atoms with Crippen molar-refractivity contribution < 1.29 is 5.11 Å². The Balaban J connectivity index is 2.38. The Bertz CT molecular complexity index is 130. The van der Waals surface area contributed by atoms with E-state index < -0.39 is 0 Å². The Hall–Kier alpha value is -0.0800. The lowest BCUT2D eigenvalue weighted by atomic mass is 9.93. The van der Waals surface area contributed by atoms with E-state index in [0.29, 0.717) is 12.0 Å². The second kappa shape index (κ2) is 5.61. The zero-order valence-electron chi connectivity index (χ0n) is 8.92. The number of aliphatic hydroxyl groups is 1. The van der Waals surface area contributed by atoms with E-state index in [0.717, 1.165) is 19.4 Å². The lowest BCUT2D eigenvalue weighted by Gasteiger charge is -2.26. The summed E-state index contributed by atoms with van der Waals surface area (Å²) in [6.07, 6.45) is 5.92. The van der Waals surface area contributed by atoms with Crippen molar-refractivity contribution in [1.82, 2.24) is 5.32 Å². The minimum Gasteiger partial charge on any atom is -0.391 e. The fraction of sp³-hybridized carbons (Fsp3) is 1.00. The molecule has 3 atom stereocenters. The fourth-order valence-electron chi connectivity index (χ4n) is 1.99. The Morgan fingerprint density at radius 1 is 1.38 bits per heavy atom. The second-order valence-electron chi connectivity index (χ2n) is 4.29. The van der Waals surface area contributed by atoms with Crippen molar-refractivity contribution in [1.29, 1.82) is 0 Å². The number of nitrogens with one attached hydrogen (secondary N) is 1. The van der Waals surface area contributed by atoms with Crippen LogP contribution in [0.4, 0.5) is 0 Å². The minimum absolute atomic E-state index is 0.150. The first kappa shape index (κ1) is 11.0. The predicted octanol–water partition coefficient (Wildman–Crippen LogP) is 1.93. The highest BCUT2D eigenvalue weighted by Gasteiger charge is 2.23. The Morgan fingerprint density at radius 2 is 2.15 bits per heavy atom. The fourth-order valence-corrected chi connectivity index (χ4v) is 1.99. The normalized spacial score (nSPS) is 29.3. The number of aliphatic hydroxyl groups excluding tert-OH is 1. The van der Waals surface area contributed by atoms with Crippen molar-refractivity contribution in [2.75, 3.05) is 6.54 Å². The Kier molecular flexibility index (Phi) is 4.74. The molecule has 2 N–H and O–H groups in total. The summed E-state index contributed by atoms with van der Waals surface area (Å²) < 4.78 is 0. The second-order valence-corrected chi connectivity index (χ2v) is 4.29. The van der Waals surface area contributed by atoms with Crippen molar-refractivity contribution in [2.24, 2.45) is 5.92 Å². The van der Waals surface area contributed by atoms with Gasteiger partial charge in [-0.1, -0.05) is 33.1 Å². The van der Waals surface area contributed by atoms with E-state index in [1.807, 2.05) is 0 Å². The minimum atomic E-state index is -0.150. The van der Waals surface area contributed by atoms with Gasteiger partial charge in [-0.3, -0.25) is 0 Å². The molecule has 2 nitrogen and oxygen atoms in total. The van der Waals surface area contributed by atoms with Gasteiger partial charge < -0.3 is 10.4 Å². The van der Waals surface area contributed by atoms with Gasteiger partial charge in [-0.25, -0.2) is 0 Å². The first-order valence-electron chi connectivity index (χ1n) is 5.67. The Labute approximate surface area is 81.7 Å². The van der Waals surface area contributed by atoms with Crippen LogP contribution in [0.15, 0.2) is 0 Å². The van der Waals surface area contributed by atoms with Crippen LogP contribution in [0.25, 0.3) is 0 Å². The average molecular weight is 185 g/mol. The van der Waals surface area contributed by atoms with E-state index in [4.69, 9.17) is 0 Å². The van der Waals surface area contributed by atoms with Crippen molar-refractivity contribution in [2.45, 2.75) is 58.1 Å². The highest BCUT2D eigenvalue weighted by atomic mass is 16.3. The number of hydrogen-bond acceptors (Lipinski definition) is 2. The van der Waals surface area contributed by atoms with Gasteiger partial charge in [0, 0.05) is 6.04 Å². The van der Waals surface area contributed by atoms with Gasteiger partial charge in [0.25, 0.3) is 0 Å². The lowest BCUT2D eigenvalue weighted by molar-refractivity contribution is 0.0725. The van der Waals surface area contributed by atoms with Crippen molar-refractivity contribution in [3.05, 3.63) is 0 Å². The molecule has 13 heavy (non-hydrogen) atoms. The standard InChI is InChI=1S/C11H23NO/c1-3-9(2)11(13)10-7-5-4-6-8-12-10/h9-13H,3-8H2,1-2H3. The summed E-state index contributed by atoms with van der Waals surface area (Å²) in [5.74, 6) is 0.426. The molecule has 2 heteroatoms. The lowest BCUT2D eigenvalue weighted by Crippen LogP contribution is -2.42. The maximum absolute atomic E-state index is 10.0. The molecule has 1 fully saturated rings. The summed E-state index contributed by atoms with van der Waals surface area (Å²) >= 11 is 0. The van der Waals surface area contributed by atoms with Gasteiger partial charge in [-0.2, -0.15) is 0 Å². The molecule has 1 aliphatic rings. The molecule has 0 spiro atoms. The first-order valence-corrected chi connectivity index (χ1v) is 5.67. The monoisotopic (exact) mass is 185 g/mol. The molecule has 0 aromatic rings. The van der Waals surface area contributed by atoms with Crippen LogP contribution in [-0.4, -0.2) is 23.8 Å². The molecule has 1 rings (SSSR count). The van der Waals surface area contributed by atoms with E-state index in [1.54, 1.807) is 0 Å². The van der Waals surface area contributed by atoms with Crippen LogP contribution < -0.4 is 5.32 Å². The van der Waals surface area contributed by atoms with Crippen LogP contribution in [0.5, 0.6) is 0 Å². The van der Waals surface area contributed by atoms with E-state index >= 15 is 0 Å². The summed E-state index contributed by atoms with van der Waals surface area (Å²) in [7, 11) is 0. The highest BCUT2D eigenvalue weighted by Crippen LogP contribution is 2.17. The largest absolute Gasteiger partial charge is 0.391 e. The van der Waals surface area contributed by atoms with Crippen LogP contribution in [0.3, 0.4) is 0 Å². The molecule has 0 saturated carbocycles. The molecule has 0 amide bonds. The molecule has 0 aromatic carbocycles. The van der Waals surface area contributed by atoms with E-state index in [9.17, 15) is 5.11 Å². The van der Waals surface area contributed by atoms with Gasteiger partial charge in [-0.15, -0.1) is 0 Å². The average Bonchev–Trinajstić information content (AvgIpc) is 2.43. The summed E-state index contributed by atoms with van der Waals surface area (Å²) in [5, 5.41) is 13.5. The van der Waals surface area contributed by atoms with Crippen LogP contribution in [0.2, 0.25) is 0 Å². The third kappa shape index (κ3) is 3.28. The van der Waals surface area contributed by atoms with Gasteiger partial charge in [0.2, 0.25) is 0 Å². The van der Waals surface area contributed by atoms with Gasteiger partial charge in [0.1, 0.15) is 0 Å². The first-order chi connectivity index (χ1) is 6.25. The summed E-state index contributed by atoms with van der Waals surface area (Å²) in [5.41, 5.74) is 0. The predicted molar refractivity (Wildman–Crippen MR) is 55.7 cm³/mol. The molecule has 0 bridgehead atoms. The van der Waals surface area contributed by atoms with Gasteiger partial charge in [-0.05, 0) is 25.3 Å². The number of rotatable bonds is 3. The molecule has 1 heterocycles. The maximum Gasteiger partial charge on any atom is 0.0718 e.